The fourth-order valence-corrected chi connectivity index (χ4v) is 2.49. The number of benzene rings is 1. The fourth-order valence-electron chi connectivity index (χ4n) is 2.49. The van der Waals surface area contributed by atoms with Crippen LogP contribution in [0.3, 0.4) is 0 Å². The molecular formula is C16H25IN4O2. The van der Waals surface area contributed by atoms with Gasteiger partial charge in [-0.15, -0.1) is 24.0 Å². The highest BCUT2D eigenvalue weighted by Crippen LogP contribution is 2.22. The van der Waals surface area contributed by atoms with E-state index in [1.807, 2.05) is 29.2 Å². The molecule has 23 heavy (non-hydrogen) atoms. The number of halogens is 1. The Balaban J connectivity index is 0.00000264. The lowest BCUT2D eigenvalue weighted by Crippen LogP contribution is -2.33. The second-order valence-corrected chi connectivity index (χ2v) is 5.28. The van der Waals surface area contributed by atoms with E-state index in [1.54, 1.807) is 7.11 Å². The number of carbonyl (C=O) groups excluding carboxylic acids is 1. The van der Waals surface area contributed by atoms with Crippen LogP contribution in [0.4, 0.5) is 5.69 Å². The van der Waals surface area contributed by atoms with Gasteiger partial charge in [-0.2, -0.15) is 0 Å². The van der Waals surface area contributed by atoms with E-state index in [1.165, 1.54) is 0 Å². The van der Waals surface area contributed by atoms with Gasteiger partial charge in [0.1, 0.15) is 5.75 Å². The van der Waals surface area contributed by atoms with Crippen LogP contribution in [-0.2, 0) is 4.79 Å². The average Bonchev–Trinajstić information content (AvgIpc) is 2.73. The van der Waals surface area contributed by atoms with E-state index in [9.17, 15) is 4.79 Å². The maximum Gasteiger partial charge on any atom is 0.222 e. The minimum atomic E-state index is 0. The highest BCUT2D eigenvalue weighted by atomic mass is 127. The number of methoxy groups -OCH3 is 1. The lowest BCUT2D eigenvalue weighted by atomic mass is 10.2. The van der Waals surface area contributed by atoms with Gasteiger partial charge in [0, 0.05) is 19.5 Å². The van der Waals surface area contributed by atoms with Gasteiger partial charge in [0.15, 0.2) is 5.96 Å². The zero-order valence-corrected chi connectivity index (χ0v) is 15.8. The summed E-state index contributed by atoms with van der Waals surface area (Å²) in [5.41, 5.74) is 6.67. The molecule has 1 fully saturated rings. The largest absolute Gasteiger partial charge is 0.495 e. The zero-order valence-electron chi connectivity index (χ0n) is 13.5. The first-order chi connectivity index (χ1) is 10.7. The van der Waals surface area contributed by atoms with Crippen LogP contribution in [0.2, 0.25) is 0 Å². The van der Waals surface area contributed by atoms with Crippen LogP contribution in [0.25, 0.3) is 0 Å². The van der Waals surface area contributed by atoms with Crippen molar-refractivity contribution in [3.63, 3.8) is 0 Å². The Kier molecular flexibility index (Phi) is 8.75. The Labute approximate surface area is 154 Å². The van der Waals surface area contributed by atoms with Crippen molar-refractivity contribution < 1.29 is 9.53 Å². The summed E-state index contributed by atoms with van der Waals surface area (Å²) in [6, 6.07) is 7.52. The van der Waals surface area contributed by atoms with E-state index >= 15 is 0 Å². The van der Waals surface area contributed by atoms with Gasteiger partial charge < -0.3 is 20.7 Å². The van der Waals surface area contributed by atoms with E-state index < -0.39 is 0 Å². The summed E-state index contributed by atoms with van der Waals surface area (Å²) in [5.74, 6) is 1.26. The molecule has 0 bridgehead atoms. The summed E-state index contributed by atoms with van der Waals surface area (Å²) in [5, 5.41) is 3.02. The van der Waals surface area contributed by atoms with Gasteiger partial charge in [-0.25, -0.2) is 0 Å². The quantitative estimate of drug-likeness (QED) is 0.426. The van der Waals surface area contributed by atoms with E-state index in [-0.39, 0.29) is 29.9 Å². The topological polar surface area (TPSA) is 80.0 Å². The Morgan fingerprint density at radius 1 is 1.35 bits per heavy atom. The molecule has 1 heterocycles. The van der Waals surface area contributed by atoms with Gasteiger partial charge in [0.25, 0.3) is 0 Å². The summed E-state index contributed by atoms with van der Waals surface area (Å²) in [4.78, 5) is 18.0. The van der Waals surface area contributed by atoms with Crippen LogP contribution in [-0.4, -0.2) is 43.5 Å². The molecule has 0 unspecified atom stereocenters. The van der Waals surface area contributed by atoms with Crippen LogP contribution in [0.15, 0.2) is 29.3 Å². The number of ether oxygens (including phenoxy) is 1. The molecule has 1 aliphatic heterocycles. The van der Waals surface area contributed by atoms with Crippen molar-refractivity contribution in [1.82, 2.24) is 4.90 Å². The van der Waals surface area contributed by atoms with E-state index in [2.05, 4.69) is 10.3 Å². The molecule has 6 nitrogen and oxygen atoms in total. The Bertz CT molecular complexity index is 537. The summed E-state index contributed by atoms with van der Waals surface area (Å²) in [6.07, 6.45) is 3.85. The van der Waals surface area contributed by atoms with Crippen molar-refractivity contribution in [2.75, 3.05) is 32.1 Å². The Morgan fingerprint density at radius 3 is 2.91 bits per heavy atom. The fraction of sp³-hybridized carbons (Fsp3) is 0.500. The van der Waals surface area contributed by atoms with Gasteiger partial charge in [-0.05, 0) is 25.0 Å². The number of nitrogens with one attached hydrogen (secondary N) is 1. The molecular weight excluding hydrogens is 407 g/mol. The summed E-state index contributed by atoms with van der Waals surface area (Å²) < 4.78 is 5.25. The standard InChI is InChI=1S/C16H24N4O2.HI/c1-22-14-8-5-4-7-13(14)19-16(17)18-10-12-20-11-6-2-3-9-15(20)21;/h4-5,7-8H,2-3,6,9-12H2,1H3,(H3,17,18,19);1H. The van der Waals surface area contributed by atoms with Crippen LogP contribution >= 0.6 is 24.0 Å². The van der Waals surface area contributed by atoms with Gasteiger partial charge in [0.2, 0.25) is 5.91 Å². The van der Waals surface area contributed by atoms with Crippen molar-refractivity contribution in [2.24, 2.45) is 10.7 Å². The number of hydrogen-bond acceptors (Lipinski definition) is 3. The maximum atomic E-state index is 11.9. The predicted molar refractivity (Wildman–Crippen MR) is 104 cm³/mol. The molecule has 1 amide bonds. The Hall–Kier alpha value is -1.51. The third kappa shape index (κ3) is 6.25. The Morgan fingerprint density at radius 2 is 2.13 bits per heavy atom. The van der Waals surface area contributed by atoms with Crippen molar-refractivity contribution >= 4 is 41.5 Å². The van der Waals surface area contributed by atoms with Crippen molar-refractivity contribution in [3.05, 3.63) is 24.3 Å². The molecule has 0 radical (unpaired) electrons. The van der Waals surface area contributed by atoms with Crippen molar-refractivity contribution in [1.29, 1.82) is 0 Å². The molecule has 1 aliphatic rings. The molecule has 3 N–H and O–H groups in total. The number of likely N-dealkylation sites (tertiary alicyclic amines) is 1. The first-order valence-corrected chi connectivity index (χ1v) is 7.68. The van der Waals surface area contributed by atoms with Crippen LogP contribution < -0.4 is 15.8 Å². The molecule has 0 aromatic heterocycles. The number of anilines is 1. The number of guanidine groups is 1. The minimum Gasteiger partial charge on any atom is -0.495 e. The molecule has 2 rings (SSSR count). The summed E-state index contributed by atoms with van der Waals surface area (Å²) in [7, 11) is 1.61. The van der Waals surface area contributed by atoms with Crippen LogP contribution in [0.1, 0.15) is 25.7 Å². The third-order valence-corrected chi connectivity index (χ3v) is 3.69. The first-order valence-electron chi connectivity index (χ1n) is 7.68. The zero-order chi connectivity index (χ0) is 15.8. The maximum absolute atomic E-state index is 11.9. The summed E-state index contributed by atoms with van der Waals surface area (Å²) in [6.45, 7) is 1.95. The number of rotatable bonds is 5. The second kappa shape index (κ2) is 10.3. The number of nitrogens with two attached hydrogens (primary N) is 1. The molecule has 0 saturated carbocycles. The molecule has 1 aromatic carbocycles. The van der Waals surface area contributed by atoms with E-state index in [4.69, 9.17) is 10.5 Å². The normalized spacial score (nSPS) is 15.6. The molecule has 0 aliphatic carbocycles. The third-order valence-electron chi connectivity index (χ3n) is 3.69. The van der Waals surface area contributed by atoms with E-state index in [0.29, 0.717) is 31.2 Å². The SMILES string of the molecule is COc1ccccc1NC(N)=NCCN1CCCCCC1=O.I. The van der Waals surface area contributed by atoms with E-state index in [0.717, 1.165) is 31.5 Å². The first kappa shape index (κ1) is 19.5. The molecule has 0 atom stereocenters. The predicted octanol–water partition coefficient (Wildman–Crippen LogP) is 2.44. The van der Waals surface area contributed by atoms with Crippen LogP contribution in [0.5, 0.6) is 5.75 Å². The van der Waals surface area contributed by atoms with Gasteiger partial charge in [-0.3, -0.25) is 9.79 Å². The van der Waals surface area contributed by atoms with Crippen LogP contribution in [0, 0.1) is 0 Å². The highest BCUT2D eigenvalue weighted by molar-refractivity contribution is 14.0. The van der Waals surface area contributed by atoms with Gasteiger partial charge in [0.05, 0.1) is 19.3 Å². The molecule has 7 heteroatoms. The van der Waals surface area contributed by atoms with Gasteiger partial charge >= 0.3 is 0 Å². The lowest BCUT2D eigenvalue weighted by molar-refractivity contribution is -0.130. The number of nitrogens with zero attached hydrogens (tertiary/aromatic N) is 2. The number of para-hydroxylation sites is 2. The number of aliphatic imine (C=N–C) groups is 1. The number of hydrogen-bond donors (Lipinski definition) is 2. The average molecular weight is 432 g/mol. The lowest BCUT2D eigenvalue weighted by Gasteiger charge is -2.19. The second-order valence-electron chi connectivity index (χ2n) is 5.28. The molecule has 128 valence electrons. The number of amides is 1. The highest BCUT2D eigenvalue weighted by Gasteiger charge is 2.15. The molecule has 1 saturated heterocycles. The van der Waals surface area contributed by atoms with Crippen molar-refractivity contribution in [2.45, 2.75) is 25.7 Å². The number of carbonyl (C=O) groups is 1. The molecule has 1 aromatic rings. The summed E-state index contributed by atoms with van der Waals surface area (Å²) >= 11 is 0. The smallest absolute Gasteiger partial charge is 0.222 e. The van der Waals surface area contributed by atoms with Crippen molar-refractivity contribution in [3.8, 4) is 5.75 Å². The monoisotopic (exact) mass is 432 g/mol. The molecule has 0 spiro atoms. The minimum absolute atomic E-state index is 0. The van der Waals surface area contributed by atoms with Gasteiger partial charge in [-0.1, -0.05) is 18.6 Å².